The van der Waals surface area contributed by atoms with Crippen LogP contribution < -0.4 is 4.90 Å². The summed E-state index contributed by atoms with van der Waals surface area (Å²) in [7, 11) is 0. The summed E-state index contributed by atoms with van der Waals surface area (Å²) in [6.07, 6.45) is 4.05. The van der Waals surface area contributed by atoms with Crippen molar-refractivity contribution in [3.63, 3.8) is 0 Å². The Morgan fingerprint density at radius 1 is 1.12 bits per heavy atom. The Morgan fingerprint density at radius 3 is 2.44 bits per heavy atom. The zero-order valence-electron chi connectivity index (χ0n) is 19.5. The molecule has 3 aromatic rings. The van der Waals surface area contributed by atoms with E-state index in [-0.39, 0.29) is 11.8 Å². The third-order valence-corrected chi connectivity index (χ3v) is 5.92. The molecule has 0 aliphatic heterocycles. The van der Waals surface area contributed by atoms with Gasteiger partial charge in [0.1, 0.15) is 11.4 Å². The van der Waals surface area contributed by atoms with Crippen LogP contribution >= 0.6 is 0 Å². The molecule has 0 saturated heterocycles. The van der Waals surface area contributed by atoms with Crippen molar-refractivity contribution in [2.24, 2.45) is 5.41 Å². The summed E-state index contributed by atoms with van der Waals surface area (Å²) in [5.41, 5.74) is 3.21. The number of carbonyl (C=O) groups excluding carboxylic acids is 1. The first-order valence-electron chi connectivity index (χ1n) is 11.1. The van der Waals surface area contributed by atoms with E-state index in [1.54, 1.807) is 6.07 Å². The van der Waals surface area contributed by atoms with Gasteiger partial charge in [0.2, 0.25) is 0 Å². The predicted molar refractivity (Wildman–Crippen MR) is 126 cm³/mol. The maximum absolute atomic E-state index is 13.8. The number of esters is 1. The van der Waals surface area contributed by atoms with Crippen LogP contribution in [0.2, 0.25) is 0 Å². The molecule has 32 heavy (non-hydrogen) atoms. The lowest BCUT2D eigenvalue weighted by molar-refractivity contribution is 0.00695. The summed E-state index contributed by atoms with van der Waals surface area (Å²) in [5, 5.41) is 0.798. The Bertz CT molecular complexity index is 1120. The number of hydrogen-bond acceptors (Lipinski definition) is 4. The molecule has 168 valence electrons. The van der Waals surface area contributed by atoms with Gasteiger partial charge >= 0.3 is 5.97 Å². The number of hydrogen-bond donors (Lipinski definition) is 0. The van der Waals surface area contributed by atoms with Gasteiger partial charge in [0.05, 0.1) is 23.0 Å². The maximum atomic E-state index is 13.8. The number of fused-ring (bicyclic) bond motifs is 1. The third kappa shape index (κ3) is 5.09. The molecule has 4 rings (SSSR count). The molecule has 0 N–H and O–H groups in total. The first-order valence-corrected chi connectivity index (χ1v) is 11.1. The Labute approximate surface area is 189 Å². The number of pyridine rings is 1. The number of halogens is 1. The quantitative estimate of drug-likeness (QED) is 0.429. The smallest absolute Gasteiger partial charge is 0.338 e. The molecule has 1 heterocycles. The minimum Gasteiger partial charge on any atom is -0.456 e. The van der Waals surface area contributed by atoms with E-state index in [2.05, 4.69) is 23.7 Å². The number of ether oxygens (including phenoxy) is 1. The van der Waals surface area contributed by atoms with Crippen LogP contribution in [0.3, 0.4) is 0 Å². The highest BCUT2D eigenvalue weighted by atomic mass is 19.1. The normalized spacial score (nSPS) is 15.9. The van der Waals surface area contributed by atoms with E-state index in [0.29, 0.717) is 23.6 Å². The van der Waals surface area contributed by atoms with Gasteiger partial charge < -0.3 is 9.64 Å². The molecule has 1 fully saturated rings. The molecule has 0 bridgehead atoms. The first kappa shape index (κ1) is 22.3. The largest absolute Gasteiger partial charge is 0.456 e. The number of nitrogens with zero attached hydrogens (tertiary/aromatic N) is 2. The lowest BCUT2D eigenvalue weighted by Gasteiger charge is -2.49. The molecule has 0 spiro atoms. The molecule has 0 atom stereocenters. The maximum Gasteiger partial charge on any atom is 0.338 e. The SMILES string of the molecule is CC1(C)CC(N(Cc2ccc(C(=O)OC(C)(C)C)cc2)c2cnc3ccc(F)cc3c2)C1. The molecule has 4 nitrogen and oxygen atoms in total. The van der Waals surface area contributed by atoms with Gasteiger partial charge in [0.25, 0.3) is 0 Å². The zero-order chi connectivity index (χ0) is 23.1. The van der Waals surface area contributed by atoms with E-state index < -0.39 is 5.60 Å². The van der Waals surface area contributed by atoms with E-state index >= 15 is 0 Å². The third-order valence-electron chi connectivity index (χ3n) is 5.92. The summed E-state index contributed by atoms with van der Waals surface area (Å²) >= 11 is 0. The topological polar surface area (TPSA) is 42.4 Å². The number of benzene rings is 2. The summed E-state index contributed by atoms with van der Waals surface area (Å²) in [5.74, 6) is -0.576. The monoisotopic (exact) mass is 434 g/mol. The predicted octanol–water partition coefficient (Wildman–Crippen LogP) is 6.52. The molecule has 1 aliphatic carbocycles. The lowest BCUT2D eigenvalue weighted by atomic mass is 9.67. The zero-order valence-corrected chi connectivity index (χ0v) is 19.5. The van der Waals surface area contributed by atoms with E-state index in [9.17, 15) is 9.18 Å². The second kappa shape index (κ2) is 8.19. The van der Waals surface area contributed by atoms with Gasteiger partial charge in [0, 0.05) is 18.0 Å². The molecule has 0 amide bonds. The van der Waals surface area contributed by atoms with Gasteiger partial charge in [-0.05, 0) is 81.0 Å². The second-order valence-corrected chi connectivity index (χ2v) is 10.6. The van der Waals surface area contributed by atoms with Crippen molar-refractivity contribution in [1.82, 2.24) is 4.98 Å². The Kier molecular flexibility index (Phi) is 5.70. The highest BCUT2D eigenvalue weighted by Gasteiger charge is 2.39. The Morgan fingerprint density at radius 2 is 1.81 bits per heavy atom. The fraction of sp³-hybridized carbons (Fsp3) is 0.407. The summed E-state index contributed by atoms with van der Waals surface area (Å²) in [6, 6.07) is 14.7. The fourth-order valence-electron chi connectivity index (χ4n) is 4.40. The average Bonchev–Trinajstić information content (AvgIpc) is 2.69. The molecule has 1 aliphatic rings. The van der Waals surface area contributed by atoms with Crippen molar-refractivity contribution < 1.29 is 13.9 Å². The molecule has 0 radical (unpaired) electrons. The van der Waals surface area contributed by atoms with Crippen LogP contribution in [0.4, 0.5) is 10.1 Å². The van der Waals surface area contributed by atoms with Crippen molar-refractivity contribution >= 4 is 22.6 Å². The molecule has 1 aromatic heterocycles. The lowest BCUT2D eigenvalue weighted by Crippen LogP contribution is -2.48. The molecular formula is C27H31FN2O2. The highest BCUT2D eigenvalue weighted by molar-refractivity contribution is 5.89. The van der Waals surface area contributed by atoms with Crippen molar-refractivity contribution in [2.45, 2.75) is 65.6 Å². The highest BCUT2D eigenvalue weighted by Crippen LogP contribution is 2.44. The molecule has 1 saturated carbocycles. The van der Waals surface area contributed by atoms with Crippen LogP contribution in [0.25, 0.3) is 10.9 Å². The average molecular weight is 435 g/mol. The van der Waals surface area contributed by atoms with Gasteiger partial charge in [-0.25, -0.2) is 9.18 Å². The molecule has 5 heteroatoms. The van der Waals surface area contributed by atoms with Crippen LogP contribution in [-0.2, 0) is 11.3 Å². The van der Waals surface area contributed by atoms with Crippen LogP contribution in [0, 0.1) is 11.2 Å². The minimum absolute atomic E-state index is 0.259. The number of anilines is 1. The summed E-state index contributed by atoms with van der Waals surface area (Å²) in [4.78, 5) is 19.2. The van der Waals surface area contributed by atoms with Gasteiger partial charge in [-0.2, -0.15) is 0 Å². The van der Waals surface area contributed by atoms with Gasteiger partial charge in [-0.3, -0.25) is 4.98 Å². The van der Waals surface area contributed by atoms with Crippen LogP contribution in [0.15, 0.2) is 54.7 Å². The van der Waals surface area contributed by atoms with Crippen molar-refractivity contribution in [2.75, 3.05) is 4.90 Å². The number of carbonyl (C=O) groups is 1. The fourth-order valence-corrected chi connectivity index (χ4v) is 4.40. The standard InChI is InChI=1S/C27H31FN2O2/c1-26(2,3)32-25(31)19-8-6-18(7-9-19)17-30(23-14-27(4,5)15-23)22-13-20-12-21(28)10-11-24(20)29-16-22/h6-13,16,23H,14-15,17H2,1-5H3. The Hall–Kier alpha value is -2.95. The van der Waals surface area contributed by atoms with Crippen molar-refractivity contribution in [3.8, 4) is 0 Å². The van der Waals surface area contributed by atoms with Crippen LogP contribution in [-0.4, -0.2) is 22.6 Å². The van der Waals surface area contributed by atoms with Crippen LogP contribution in [0.5, 0.6) is 0 Å². The molecule has 0 unspecified atom stereocenters. The first-order chi connectivity index (χ1) is 15.0. The van der Waals surface area contributed by atoms with Crippen molar-refractivity contribution in [1.29, 1.82) is 0 Å². The Balaban J connectivity index is 1.59. The second-order valence-electron chi connectivity index (χ2n) is 10.6. The summed E-state index contributed by atoms with van der Waals surface area (Å²) in [6.45, 7) is 10.8. The van der Waals surface area contributed by atoms with E-state index in [4.69, 9.17) is 4.74 Å². The van der Waals surface area contributed by atoms with E-state index in [1.807, 2.05) is 57.3 Å². The summed E-state index contributed by atoms with van der Waals surface area (Å²) < 4.78 is 19.2. The van der Waals surface area contributed by atoms with Crippen molar-refractivity contribution in [3.05, 3.63) is 71.7 Å². The molecular weight excluding hydrogens is 403 g/mol. The van der Waals surface area contributed by atoms with Gasteiger partial charge in [-0.15, -0.1) is 0 Å². The van der Waals surface area contributed by atoms with Crippen LogP contribution in [0.1, 0.15) is 63.4 Å². The molecule has 2 aromatic carbocycles. The number of aromatic nitrogens is 1. The van der Waals surface area contributed by atoms with Gasteiger partial charge in [-0.1, -0.05) is 26.0 Å². The minimum atomic E-state index is -0.522. The van der Waals surface area contributed by atoms with E-state index in [0.717, 1.165) is 35.0 Å². The van der Waals surface area contributed by atoms with E-state index in [1.165, 1.54) is 12.1 Å². The number of rotatable bonds is 5. The van der Waals surface area contributed by atoms with Gasteiger partial charge in [0.15, 0.2) is 0 Å².